The SMILES string of the molecule is Nc1nnc(-c2cc(F)cc(F)c2)c(-c2ccccc2)n1. The van der Waals surface area contributed by atoms with Crippen LogP contribution >= 0.6 is 0 Å². The van der Waals surface area contributed by atoms with Gasteiger partial charge < -0.3 is 5.73 Å². The third-order valence-electron chi connectivity index (χ3n) is 2.89. The summed E-state index contributed by atoms with van der Waals surface area (Å²) in [7, 11) is 0. The van der Waals surface area contributed by atoms with Gasteiger partial charge in [0.05, 0.1) is 0 Å². The highest BCUT2D eigenvalue weighted by molar-refractivity contribution is 5.77. The van der Waals surface area contributed by atoms with Crippen molar-refractivity contribution in [2.75, 3.05) is 5.73 Å². The summed E-state index contributed by atoms with van der Waals surface area (Å²) in [5.41, 5.74) is 7.26. The van der Waals surface area contributed by atoms with Crippen LogP contribution in [0, 0.1) is 11.6 Å². The number of nitrogens with two attached hydrogens (primary N) is 1. The number of aromatic nitrogens is 3. The van der Waals surface area contributed by atoms with E-state index in [0.717, 1.165) is 11.6 Å². The second-order valence-corrected chi connectivity index (χ2v) is 4.39. The molecule has 0 aliphatic heterocycles. The number of hydrogen-bond donors (Lipinski definition) is 1. The van der Waals surface area contributed by atoms with Gasteiger partial charge in [-0.2, -0.15) is 0 Å². The lowest BCUT2D eigenvalue weighted by atomic mass is 10.0. The molecule has 0 amide bonds. The summed E-state index contributed by atoms with van der Waals surface area (Å²) in [5.74, 6) is -1.39. The lowest BCUT2D eigenvalue weighted by Crippen LogP contribution is -2.02. The average molecular weight is 284 g/mol. The minimum atomic E-state index is -0.692. The third kappa shape index (κ3) is 2.69. The zero-order chi connectivity index (χ0) is 14.8. The van der Waals surface area contributed by atoms with E-state index in [9.17, 15) is 8.78 Å². The molecule has 104 valence electrons. The first-order chi connectivity index (χ1) is 10.1. The molecule has 0 spiro atoms. The molecule has 0 unspecified atom stereocenters. The van der Waals surface area contributed by atoms with Gasteiger partial charge in [0.2, 0.25) is 5.95 Å². The zero-order valence-electron chi connectivity index (χ0n) is 10.8. The van der Waals surface area contributed by atoms with Crippen molar-refractivity contribution in [3.05, 3.63) is 60.2 Å². The Morgan fingerprint density at radius 1 is 0.762 bits per heavy atom. The molecule has 0 atom stereocenters. The summed E-state index contributed by atoms with van der Waals surface area (Å²) in [6.07, 6.45) is 0. The van der Waals surface area contributed by atoms with Gasteiger partial charge in [-0.1, -0.05) is 30.3 Å². The monoisotopic (exact) mass is 284 g/mol. The molecule has 3 rings (SSSR count). The first-order valence-electron chi connectivity index (χ1n) is 6.15. The maximum atomic E-state index is 13.4. The molecule has 4 nitrogen and oxygen atoms in total. The van der Waals surface area contributed by atoms with E-state index in [1.165, 1.54) is 12.1 Å². The van der Waals surface area contributed by atoms with Crippen molar-refractivity contribution in [2.45, 2.75) is 0 Å². The summed E-state index contributed by atoms with van der Waals surface area (Å²) >= 11 is 0. The quantitative estimate of drug-likeness (QED) is 0.785. The molecule has 0 radical (unpaired) electrons. The summed E-state index contributed by atoms with van der Waals surface area (Å²) in [4.78, 5) is 4.14. The highest BCUT2D eigenvalue weighted by Crippen LogP contribution is 2.29. The van der Waals surface area contributed by atoms with Gasteiger partial charge >= 0.3 is 0 Å². The molecular weight excluding hydrogens is 274 g/mol. The molecule has 6 heteroatoms. The highest BCUT2D eigenvalue weighted by Gasteiger charge is 2.14. The molecule has 1 heterocycles. The molecule has 0 saturated heterocycles. The summed E-state index contributed by atoms with van der Waals surface area (Å²) < 4.78 is 26.8. The molecule has 2 N–H and O–H groups in total. The van der Waals surface area contributed by atoms with E-state index >= 15 is 0 Å². The smallest absolute Gasteiger partial charge is 0.240 e. The van der Waals surface area contributed by atoms with E-state index in [1.807, 2.05) is 30.3 Å². The number of nitrogens with zero attached hydrogens (tertiary/aromatic N) is 3. The molecular formula is C15H10F2N4. The molecule has 3 aromatic rings. The molecule has 0 aliphatic rings. The van der Waals surface area contributed by atoms with Crippen LogP contribution in [0.4, 0.5) is 14.7 Å². The zero-order valence-corrected chi connectivity index (χ0v) is 10.8. The first-order valence-corrected chi connectivity index (χ1v) is 6.15. The number of benzene rings is 2. The largest absolute Gasteiger partial charge is 0.366 e. The predicted molar refractivity (Wildman–Crippen MR) is 75.0 cm³/mol. The van der Waals surface area contributed by atoms with E-state index in [0.29, 0.717) is 5.69 Å². The van der Waals surface area contributed by atoms with Crippen LogP contribution in [0.1, 0.15) is 0 Å². The fraction of sp³-hybridized carbons (Fsp3) is 0. The van der Waals surface area contributed by atoms with E-state index in [4.69, 9.17) is 5.73 Å². The molecule has 1 aromatic heterocycles. The van der Waals surface area contributed by atoms with Gasteiger partial charge in [0.15, 0.2) is 0 Å². The molecule has 2 aromatic carbocycles. The molecule has 0 aliphatic carbocycles. The van der Waals surface area contributed by atoms with Crippen LogP contribution in [0.5, 0.6) is 0 Å². The van der Waals surface area contributed by atoms with Crippen molar-refractivity contribution in [1.29, 1.82) is 0 Å². The number of halogens is 2. The van der Waals surface area contributed by atoms with Crippen LogP contribution in [0.2, 0.25) is 0 Å². The Hall–Kier alpha value is -2.89. The first kappa shape index (κ1) is 13.1. The van der Waals surface area contributed by atoms with E-state index in [-0.39, 0.29) is 17.2 Å². The fourth-order valence-electron chi connectivity index (χ4n) is 2.02. The Labute approximate surface area is 119 Å². The van der Waals surface area contributed by atoms with Crippen molar-refractivity contribution in [3.63, 3.8) is 0 Å². The Kier molecular flexibility index (Phi) is 3.27. The maximum absolute atomic E-state index is 13.4. The third-order valence-corrected chi connectivity index (χ3v) is 2.89. The molecule has 21 heavy (non-hydrogen) atoms. The predicted octanol–water partition coefficient (Wildman–Crippen LogP) is 3.07. The molecule has 0 bridgehead atoms. The average Bonchev–Trinajstić information content (AvgIpc) is 2.47. The van der Waals surface area contributed by atoms with Crippen LogP contribution in [0.15, 0.2) is 48.5 Å². The van der Waals surface area contributed by atoms with Gasteiger partial charge in [0.1, 0.15) is 23.0 Å². The van der Waals surface area contributed by atoms with Gasteiger partial charge in [-0.05, 0) is 12.1 Å². The summed E-state index contributed by atoms with van der Waals surface area (Å²) in [6, 6.07) is 12.3. The van der Waals surface area contributed by atoms with Gasteiger partial charge in [0.25, 0.3) is 0 Å². The topological polar surface area (TPSA) is 64.7 Å². The fourth-order valence-corrected chi connectivity index (χ4v) is 2.02. The Balaban J connectivity index is 2.23. The van der Waals surface area contributed by atoms with Crippen LogP contribution in [0.25, 0.3) is 22.5 Å². The van der Waals surface area contributed by atoms with E-state index in [1.54, 1.807) is 0 Å². The number of rotatable bonds is 2. The Morgan fingerprint density at radius 3 is 2.10 bits per heavy atom. The molecule has 0 saturated carbocycles. The highest BCUT2D eigenvalue weighted by atomic mass is 19.1. The van der Waals surface area contributed by atoms with Crippen LogP contribution < -0.4 is 5.73 Å². The number of hydrogen-bond acceptors (Lipinski definition) is 4. The van der Waals surface area contributed by atoms with Gasteiger partial charge in [-0.3, -0.25) is 0 Å². The van der Waals surface area contributed by atoms with Crippen molar-refractivity contribution >= 4 is 5.95 Å². The minimum Gasteiger partial charge on any atom is -0.366 e. The lowest BCUT2D eigenvalue weighted by molar-refractivity contribution is 0.584. The summed E-state index contributed by atoms with van der Waals surface area (Å²) in [5, 5.41) is 7.61. The Morgan fingerprint density at radius 2 is 1.43 bits per heavy atom. The normalized spacial score (nSPS) is 10.6. The van der Waals surface area contributed by atoms with Crippen LogP contribution in [0.3, 0.4) is 0 Å². The van der Waals surface area contributed by atoms with Crippen molar-refractivity contribution in [2.24, 2.45) is 0 Å². The number of anilines is 1. The van der Waals surface area contributed by atoms with Crippen LogP contribution in [-0.2, 0) is 0 Å². The van der Waals surface area contributed by atoms with E-state index in [2.05, 4.69) is 15.2 Å². The lowest BCUT2D eigenvalue weighted by Gasteiger charge is -2.08. The Bertz CT molecular complexity index is 771. The van der Waals surface area contributed by atoms with Gasteiger partial charge in [-0.15, -0.1) is 10.2 Å². The van der Waals surface area contributed by atoms with Crippen molar-refractivity contribution in [1.82, 2.24) is 15.2 Å². The van der Waals surface area contributed by atoms with Gasteiger partial charge in [0, 0.05) is 17.2 Å². The molecule has 0 fully saturated rings. The van der Waals surface area contributed by atoms with E-state index < -0.39 is 11.6 Å². The minimum absolute atomic E-state index is 0.00511. The van der Waals surface area contributed by atoms with Gasteiger partial charge in [-0.25, -0.2) is 13.8 Å². The van der Waals surface area contributed by atoms with Crippen molar-refractivity contribution < 1.29 is 8.78 Å². The van der Waals surface area contributed by atoms with Crippen LogP contribution in [-0.4, -0.2) is 15.2 Å². The number of nitrogen functional groups attached to an aromatic ring is 1. The maximum Gasteiger partial charge on any atom is 0.240 e. The van der Waals surface area contributed by atoms with Crippen molar-refractivity contribution in [3.8, 4) is 22.5 Å². The second kappa shape index (κ2) is 5.24. The standard InChI is InChI=1S/C15H10F2N4/c16-11-6-10(7-12(17)8-11)14-13(19-15(18)21-20-14)9-4-2-1-3-5-9/h1-8H,(H2,18,19,21). The summed E-state index contributed by atoms with van der Waals surface area (Å²) in [6.45, 7) is 0. The second-order valence-electron chi connectivity index (χ2n) is 4.39.